The highest BCUT2D eigenvalue weighted by atomic mass is 15.3. The number of benzene rings is 1. The Morgan fingerprint density at radius 2 is 1.82 bits per heavy atom. The van der Waals surface area contributed by atoms with Crippen LogP contribution in [-0.4, -0.2) is 9.78 Å². The molecule has 0 bridgehead atoms. The average molecular weight is 228 g/mol. The average Bonchev–Trinajstić information content (AvgIpc) is 2.82. The second-order valence-electron chi connectivity index (χ2n) is 4.98. The van der Waals surface area contributed by atoms with E-state index in [-0.39, 0.29) is 0 Å². The molecule has 0 saturated carbocycles. The van der Waals surface area contributed by atoms with Crippen molar-refractivity contribution in [3.05, 3.63) is 53.9 Å². The Labute approximate surface area is 103 Å². The van der Waals surface area contributed by atoms with Gasteiger partial charge in [0, 0.05) is 12.4 Å². The van der Waals surface area contributed by atoms with E-state index in [9.17, 15) is 0 Å². The van der Waals surface area contributed by atoms with Crippen molar-refractivity contribution >= 4 is 0 Å². The first kappa shape index (κ1) is 11.9. The minimum absolute atomic E-state index is 0.619. The largest absolute Gasteiger partial charge is 0.268 e. The molecule has 2 nitrogen and oxygen atoms in total. The molecule has 1 aromatic carbocycles. The Morgan fingerprint density at radius 3 is 2.35 bits per heavy atom. The molecule has 90 valence electrons. The summed E-state index contributed by atoms with van der Waals surface area (Å²) >= 11 is 0. The van der Waals surface area contributed by atoms with Gasteiger partial charge in [-0.05, 0) is 29.0 Å². The van der Waals surface area contributed by atoms with Crippen LogP contribution in [0.4, 0.5) is 0 Å². The molecule has 1 unspecified atom stereocenters. The van der Waals surface area contributed by atoms with Crippen LogP contribution in [0.5, 0.6) is 0 Å². The molecule has 0 aliphatic carbocycles. The Kier molecular flexibility index (Phi) is 3.62. The van der Waals surface area contributed by atoms with E-state index >= 15 is 0 Å². The Morgan fingerprint density at radius 1 is 1.12 bits per heavy atom. The second kappa shape index (κ2) is 5.17. The van der Waals surface area contributed by atoms with Crippen LogP contribution in [-0.2, 0) is 6.54 Å². The van der Waals surface area contributed by atoms with Crippen molar-refractivity contribution in [3.8, 4) is 0 Å². The first-order valence-corrected chi connectivity index (χ1v) is 6.23. The summed E-state index contributed by atoms with van der Waals surface area (Å²) in [5.41, 5.74) is 2.72. The Hall–Kier alpha value is -1.57. The minimum atomic E-state index is 0.619. The van der Waals surface area contributed by atoms with Gasteiger partial charge in [-0.3, -0.25) is 4.68 Å². The van der Waals surface area contributed by atoms with E-state index in [2.05, 4.69) is 50.1 Å². The van der Waals surface area contributed by atoms with Gasteiger partial charge in [-0.25, -0.2) is 0 Å². The predicted molar refractivity (Wildman–Crippen MR) is 71.0 cm³/mol. The fourth-order valence-electron chi connectivity index (χ4n) is 1.89. The van der Waals surface area contributed by atoms with Gasteiger partial charge in [0.1, 0.15) is 0 Å². The third kappa shape index (κ3) is 2.96. The Balaban J connectivity index is 2.08. The van der Waals surface area contributed by atoms with Crippen molar-refractivity contribution in [1.82, 2.24) is 9.78 Å². The summed E-state index contributed by atoms with van der Waals surface area (Å²) in [7, 11) is 0. The summed E-state index contributed by atoms with van der Waals surface area (Å²) in [6.07, 6.45) is 3.81. The van der Waals surface area contributed by atoms with E-state index in [1.807, 2.05) is 23.1 Å². The van der Waals surface area contributed by atoms with Gasteiger partial charge in [0.15, 0.2) is 0 Å². The van der Waals surface area contributed by atoms with Crippen LogP contribution in [0.15, 0.2) is 42.7 Å². The third-order valence-electron chi connectivity index (χ3n) is 3.41. The zero-order valence-electron chi connectivity index (χ0n) is 10.8. The van der Waals surface area contributed by atoms with Gasteiger partial charge in [-0.2, -0.15) is 5.10 Å². The van der Waals surface area contributed by atoms with Crippen molar-refractivity contribution in [2.24, 2.45) is 5.92 Å². The maximum atomic E-state index is 4.21. The maximum Gasteiger partial charge on any atom is 0.0659 e. The van der Waals surface area contributed by atoms with Crippen molar-refractivity contribution < 1.29 is 0 Å². The lowest BCUT2D eigenvalue weighted by molar-refractivity contribution is 0.535. The molecule has 0 aliphatic rings. The summed E-state index contributed by atoms with van der Waals surface area (Å²) < 4.78 is 1.95. The van der Waals surface area contributed by atoms with E-state index in [0.29, 0.717) is 11.8 Å². The van der Waals surface area contributed by atoms with Crippen molar-refractivity contribution in [2.75, 3.05) is 0 Å². The van der Waals surface area contributed by atoms with Crippen LogP contribution in [0.3, 0.4) is 0 Å². The number of hydrogen-bond donors (Lipinski definition) is 0. The number of hydrogen-bond acceptors (Lipinski definition) is 1. The molecule has 2 heteroatoms. The highest BCUT2D eigenvalue weighted by Gasteiger charge is 2.09. The molecule has 1 heterocycles. The zero-order chi connectivity index (χ0) is 12.3. The lowest BCUT2D eigenvalue weighted by Gasteiger charge is -2.16. The summed E-state index contributed by atoms with van der Waals surface area (Å²) in [5.74, 6) is 1.31. The lowest BCUT2D eigenvalue weighted by Crippen LogP contribution is -2.03. The van der Waals surface area contributed by atoms with Gasteiger partial charge in [0.25, 0.3) is 0 Å². The molecule has 1 atom stereocenters. The fraction of sp³-hybridized carbons (Fsp3) is 0.400. The molecule has 17 heavy (non-hydrogen) atoms. The van der Waals surface area contributed by atoms with Crippen molar-refractivity contribution in [3.63, 3.8) is 0 Å². The van der Waals surface area contributed by atoms with Crippen LogP contribution >= 0.6 is 0 Å². The van der Waals surface area contributed by atoms with Gasteiger partial charge < -0.3 is 0 Å². The van der Waals surface area contributed by atoms with E-state index < -0.39 is 0 Å². The maximum absolute atomic E-state index is 4.21. The lowest BCUT2D eigenvalue weighted by atomic mass is 9.90. The van der Waals surface area contributed by atoms with E-state index in [4.69, 9.17) is 0 Å². The van der Waals surface area contributed by atoms with Gasteiger partial charge >= 0.3 is 0 Å². The van der Waals surface area contributed by atoms with Gasteiger partial charge in [0.2, 0.25) is 0 Å². The molecule has 0 saturated heterocycles. The first-order valence-electron chi connectivity index (χ1n) is 6.23. The van der Waals surface area contributed by atoms with Gasteiger partial charge in [-0.15, -0.1) is 0 Å². The molecule has 2 aromatic rings. The van der Waals surface area contributed by atoms with Crippen LogP contribution in [0.1, 0.15) is 37.8 Å². The van der Waals surface area contributed by atoms with Crippen LogP contribution in [0.2, 0.25) is 0 Å². The zero-order valence-corrected chi connectivity index (χ0v) is 10.8. The first-order chi connectivity index (χ1) is 8.16. The summed E-state index contributed by atoms with van der Waals surface area (Å²) in [4.78, 5) is 0. The molecule has 0 N–H and O–H groups in total. The van der Waals surface area contributed by atoms with Crippen molar-refractivity contribution in [1.29, 1.82) is 0 Å². The van der Waals surface area contributed by atoms with Crippen molar-refractivity contribution in [2.45, 2.75) is 33.2 Å². The number of aromatic nitrogens is 2. The van der Waals surface area contributed by atoms with E-state index in [1.165, 1.54) is 11.1 Å². The molecule has 0 amide bonds. The summed E-state index contributed by atoms with van der Waals surface area (Å²) in [5, 5.41) is 4.21. The fourth-order valence-corrected chi connectivity index (χ4v) is 1.89. The van der Waals surface area contributed by atoms with Crippen LogP contribution in [0.25, 0.3) is 0 Å². The summed E-state index contributed by atoms with van der Waals surface area (Å²) in [6, 6.07) is 10.8. The molecular formula is C15H20N2. The van der Waals surface area contributed by atoms with Gasteiger partial charge in [0.05, 0.1) is 6.54 Å². The SMILES string of the molecule is CC(C)C(C)c1ccc(Cn2cccn2)cc1. The second-order valence-corrected chi connectivity index (χ2v) is 4.98. The number of nitrogens with zero attached hydrogens (tertiary/aromatic N) is 2. The van der Waals surface area contributed by atoms with Crippen LogP contribution < -0.4 is 0 Å². The molecule has 0 radical (unpaired) electrons. The molecule has 0 spiro atoms. The van der Waals surface area contributed by atoms with Crippen LogP contribution in [0, 0.1) is 5.92 Å². The number of rotatable bonds is 4. The monoisotopic (exact) mass is 228 g/mol. The quantitative estimate of drug-likeness (QED) is 0.780. The normalized spacial score (nSPS) is 12.9. The molecule has 0 fully saturated rings. The van der Waals surface area contributed by atoms with Gasteiger partial charge in [-0.1, -0.05) is 45.0 Å². The van der Waals surface area contributed by atoms with E-state index in [1.54, 1.807) is 0 Å². The summed E-state index contributed by atoms with van der Waals surface area (Å²) in [6.45, 7) is 7.67. The minimum Gasteiger partial charge on any atom is -0.268 e. The third-order valence-corrected chi connectivity index (χ3v) is 3.41. The van der Waals surface area contributed by atoms with E-state index in [0.717, 1.165) is 6.54 Å². The highest BCUT2D eigenvalue weighted by molar-refractivity contribution is 5.25. The predicted octanol–water partition coefficient (Wildman–Crippen LogP) is 3.69. The Bertz CT molecular complexity index is 440. The topological polar surface area (TPSA) is 17.8 Å². The molecule has 2 rings (SSSR count). The molecule has 1 aromatic heterocycles. The molecule has 0 aliphatic heterocycles. The standard InChI is InChI=1S/C15H20N2/c1-12(2)13(3)15-7-5-14(6-8-15)11-17-10-4-9-16-17/h4-10,12-13H,11H2,1-3H3. The molecular weight excluding hydrogens is 208 g/mol. The highest BCUT2D eigenvalue weighted by Crippen LogP contribution is 2.23. The smallest absolute Gasteiger partial charge is 0.0659 e.